The number of ether oxygens (including phenoxy) is 1. The molecule has 0 radical (unpaired) electrons. The summed E-state index contributed by atoms with van der Waals surface area (Å²) in [5.74, 6) is 2.53. The maximum atomic E-state index is 7.18. The molecule has 12 rings (SSSR count). The molecule has 1 aliphatic carbocycles. The fourth-order valence-electron chi connectivity index (χ4n) is 8.90. The van der Waals surface area contributed by atoms with Crippen molar-refractivity contribution in [1.82, 2.24) is 19.5 Å². The highest BCUT2D eigenvalue weighted by Crippen LogP contribution is 2.55. The van der Waals surface area contributed by atoms with Crippen LogP contribution in [0.25, 0.3) is 89.9 Å². The molecule has 6 nitrogen and oxygen atoms in total. The Balaban J connectivity index is 1.05. The van der Waals surface area contributed by atoms with Gasteiger partial charge in [0.2, 0.25) is 0 Å². The van der Waals surface area contributed by atoms with Gasteiger partial charge in [-0.15, -0.1) is 0 Å². The van der Waals surface area contributed by atoms with Gasteiger partial charge in [0, 0.05) is 50.0 Å². The van der Waals surface area contributed by atoms with Gasteiger partial charge < -0.3 is 13.7 Å². The molecule has 57 heavy (non-hydrogen) atoms. The fraction of sp³-hybridized carbons (Fsp3) is 0.0392. The van der Waals surface area contributed by atoms with Gasteiger partial charge >= 0.3 is 0 Å². The molecule has 3 aromatic heterocycles. The van der Waals surface area contributed by atoms with Crippen LogP contribution in [-0.4, -0.2) is 19.5 Å². The molecule has 0 saturated heterocycles. The first kappa shape index (κ1) is 31.7. The van der Waals surface area contributed by atoms with Crippen LogP contribution in [0.3, 0.4) is 0 Å². The van der Waals surface area contributed by atoms with Crippen LogP contribution in [0.4, 0.5) is 0 Å². The number of hydrogen-bond donors (Lipinski definition) is 0. The Morgan fingerprint density at radius 3 is 2.04 bits per heavy atom. The number of fused-ring (bicyclic) bond motifs is 10. The van der Waals surface area contributed by atoms with E-state index < -0.39 is 0 Å². The highest BCUT2D eigenvalue weighted by atomic mass is 16.5. The lowest BCUT2D eigenvalue weighted by Gasteiger charge is -2.22. The Morgan fingerprint density at radius 1 is 0.509 bits per heavy atom. The summed E-state index contributed by atoms with van der Waals surface area (Å²) < 4.78 is 15.8. The van der Waals surface area contributed by atoms with Crippen molar-refractivity contribution in [2.45, 2.75) is 12.0 Å². The second-order valence-electron chi connectivity index (χ2n) is 14.7. The molecule has 0 N–H and O–H groups in total. The molecular weight excluding hydrogens is 701 g/mol. The number of para-hydroxylation sites is 4. The van der Waals surface area contributed by atoms with Crippen molar-refractivity contribution < 1.29 is 9.15 Å². The van der Waals surface area contributed by atoms with Crippen molar-refractivity contribution in [3.8, 4) is 56.7 Å². The Morgan fingerprint density at radius 2 is 1.16 bits per heavy atom. The topological polar surface area (TPSA) is 66.0 Å². The molecule has 0 bridgehead atoms. The number of nitrogens with zero attached hydrogens (tertiary/aromatic N) is 4. The maximum Gasteiger partial charge on any atom is 0.167 e. The lowest BCUT2D eigenvalue weighted by Crippen LogP contribution is -2.13. The summed E-state index contributed by atoms with van der Waals surface area (Å²) in [7, 11) is 0. The Kier molecular flexibility index (Phi) is 6.95. The van der Waals surface area contributed by atoms with E-state index >= 15 is 0 Å². The minimum Gasteiger partial charge on any atom is -0.484 e. The SMILES string of the molecule is C1=CC2c3cccc(-c4nc(-c5cccc(-c6ccccc6)c5)nc(-c5cccc6oc7ccccc7c56)n4)c3OC2c2c1n(-c1ccccc1)c1ccccc21. The highest BCUT2D eigenvalue weighted by Gasteiger charge is 2.41. The maximum absolute atomic E-state index is 7.18. The lowest BCUT2D eigenvalue weighted by atomic mass is 9.85. The monoisotopic (exact) mass is 732 g/mol. The van der Waals surface area contributed by atoms with Crippen molar-refractivity contribution in [3.05, 3.63) is 193 Å². The number of rotatable bonds is 5. The van der Waals surface area contributed by atoms with Crippen molar-refractivity contribution in [1.29, 1.82) is 0 Å². The number of hydrogen-bond acceptors (Lipinski definition) is 5. The summed E-state index contributed by atoms with van der Waals surface area (Å²) in [6, 6.07) is 58.5. The van der Waals surface area contributed by atoms with Gasteiger partial charge in [-0.05, 0) is 59.7 Å². The Bertz CT molecular complexity index is 3240. The summed E-state index contributed by atoms with van der Waals surface area (Å²) in [5, 5.41) is 3.18. The van der Waals surface area contributed by atoms with Gasteiger partial charge in [0.25, 0.3) is 0 Å². The van der Waals surface area contributed by atoms with E-state index in [4.69, 9.17) is 24.1 Å². The number of aromatic nitrogens is 4. The molecule has 0 spiro atoms. The molecule has 0 fully saturated rings. The van der Waals surface area contributed by atoms with E-state index in [0.717, 1.165) is 78.0 Å². The Labute approximate surface area is 328 Å². The average Bonchev–Trinajstić information content (AvgIpc) is 3.96. The van der Waals surface area contributed by atoms with Crippen LogP contribution < -0.4 is 4.74 Å². The van der Waals surface area contributed by atoms with E-state index in [1.807, 2.05) is 36.4 Å². The zero-order valence-corrected chi connectivity index (χ0v) is 30.6. The highest BCUT2D eigenvalue weighted by molar-refractivity contribution is 6.11. The standard InChI is InChI=1S/C51H32N4O2/c1-3-14-31(15-4-1)32-16-11-17-33(30-32)49-52-50(39-23-13-27-44-45(39)38-21-8-10-26-43(38)56-44)54-51(53-49)40-24-12-22-35-36-28-29-42-46(48(36)57-47(35)40)37-20-7-9-25-41(37)55(42)34-18-5-2-6-19-34/h1-30,36,48H. The first-order valence-electron chi connectivity index (χ1n) is 19.3. The summed E-state index contributed by atoms with van der Waals surface area (Å²) >= 11 is 0. The van der Waals surface area contributed by atoms with Crippen molar-refractivity contribution in [3.63, 3.8) is 0 Å². The van der Waals surface area contributed by atoms with Crippen LogP contribution in [0.15, 0.2) is 180 Å². The van der Waals surface area contributed by atoms with Gasteiger partial charge in [0.1, 0.15) is 23.0 Å². The zero-order chi connectivity index (χ0) is 37.5. The van der Waals surface area contributed by atoms with E-state index in [2.05, 4.69) is 150 Å². The Hall–Kier alpha value is -7.57. The predicted octanol–water partition coefficient (Wildman–Crippen LogP) is 12.6. The molecule has 2 atom stereocenters. The van der Waals surface area contributed by atoms with Crippen molar-refractivity contribution in [2.24, 2.45) is 0 Å². The molecule has 10 aromatic rings. The van der Waals surface area contributed by atoms with Gasteiger partial charge in [-0.3, -0.25) is 0 Å². The second-order valence-corrected chi connectivity index (χ2v) is 14.7. The molecule has 6 heteroatoms. The molecule has 1 aliphatic heterocycles. The van der Waals surface area contributed by atoms with E-state index in [-0.39, 0.29) is 12.0 Å². The number of benzene rings is 7. The normalized spacial score (nSPS) is 15.4. The third-order valence-corrected chi connectivity index (χ3v) is 11.4. The van der Waals surface area contributed by atoms with Gasteiger partial charge in [0.05, 0.1) is 16.8 Å². The van der Waals surface area contributed by atoms with Crippen LogP contribution in [0.2, 0.25) is 0 Å². The van der Waals surface area contributed by atoms with E-state index in [1.165, 1.54) is 10.9 Å². The van der Waals surface area contributed by atoms with E-state index in [0.29, 0.717) is 17.5 Å². The van der Waals surface area contributed by atoms with Gasteiger partial charge in [-0.2, -0.15) is 0 Å². The summed E-state index contributed by atoms with van der Waals surface area (Å²) in [6.07, 6.45) is 4.35. The lowest BCUT2D eigenvalue weighted by molar-refractivity contribution is 0.225. The zero-order valence-electron chi connectivity index (χ0n) is 30.6. The van der Waals surface area contributed by atoms with Crippen LogP contribution in [0, 0.1) is 0 Å². The molecule has 2 aliphatic rings. The minimum atomic E-state index is -0.217. The third kappa shape index (κ3) is 4.94. The van der Waals surface area contributed by atoms with Crippen LogP contribution in [-0.2, 0) is 0 Å². The largest absolute Gasteiger partial charge is 0.484 e. The van der Waals surface area contributed by atoms with Gasteiger partial charge in [0.15, 0.2) is 17.5 Å². The smallest absolute Gasteiger partial charge is 0.167 e. The molecular formula is C51H32N4O2. The molecule has 268 valence electrons. The van der Waals surface area contributed by atoms with Crippen LogP contribution >= 0.6 is 0 Å². The van der Waals surface area contributed by atoms with E-state index in [1.54, 1.807) is 0 Å². The average molecular weight is 733 g/mol. The van der Waals surface area contributed by atoms with Gasteiger partial charge in [-0.1, -0.05) is 133 Å². The molecule has 2 unspecified atom stereocenters. The molecule has 4 heterocycles. The number of furan rings is 1. The van der Waals surface area contributed by atoms with Crippen molar-refractivity contribution >= 4 is 38.9 Å². The molecule has 7 aromatic carbocycles. The molecule has 0 amide bonds. The third-order valence-electron chi connectivity index (χ3n) is 11.4. The quantitative estimate of drug-likeness (QED) is 0.176. The fourth-order valence-corrected chi connectivity index (χ4v) is 8.90. The van der Waals surface area contributed by atoms with E-state index in [9.17, 15) is 0 Å². The summed E-state index contributed by atoms with van der Waals surface area (Å²) in [6.45, 7) is 0. The van der Waals surface area contributed by atoms with Crippen LogP contribution in [0.5, 0.6) is 5.75 Å². The molecule has 0 saturated carbocycles. The summed E-state index contributed by atoms with van der Waals surface area (Å²) in [5.41, 5.74) is 12.2. The second kappa shape index (κ2) is 12.5. The van der Waals surface area contributed by atoms with Crippen LogP contribution in [0.1, 0.15) is 28.8 Å². The van der Waals surface area contributed by atoms with Crippen molar-refractivity contribution in [2.75, 3.05) is 0 Å². The first-order chi connectivity index (χ1) is 28.3. The predicted molar refractivity (Wildman–Crippen MR) is 227 cm³/mol. The summed E-state index contributed by atoms with van der Waals surface area (Å²) in [4.78, 5) is 15.7. The first-order valence-corrected chi connectivity index (χ1v) is 19.3. The minimum absolute atomic E-state index is 0.0249. The van der Waals surface area contributed by atoms with Gasteiger partial charge in [-0.25, -0.2) is 15.0 Å².